The van der Waals surface area contributed by atoms with E-state index in [1.165, 1.54) is 14.0 Å². The van der Waals surface area contributed by atoms with E-state index in [1.54, 1.807) is 4.90 Å². The van der Waals surface area contributed by atoms with Gasteiger partial charge in [-0.15, -0.1) is 0 Å². The van der Waals surface area contributed by atoms with Gasteiger partial charge in [0, 0.05) is 19.0 Å². The standard InChI is InChI=1S/C11H20N2O4/c1-9(14)7-13-5-3-4-10(6-11(13)15)12-8-17-16-2/h10,12H,3-8H2,1-2H3/t10-/m0/s1. The summed E-state index contributed by atoms with van der Waals surface area (Å²) in [4.78, 5) is 33.7. The number of rotatable bonds is 6. The Morgan fingerprint density at radius 1 is 1.59 bits per heavy atom. The Labute approximate surface area is 101 Å². The zero-order chi connectivity index (χ0) is 12.7. The van der Waals surface area contributed by atoms with Crippen LogP contribution in [0.3, 0.4) is 0 Å². The number of amides is 1. The Bertz CT molecular complexity index is 270. The third-order valence-corrected chi connectivity index (χ3v) is 2.72. The molecule has 1 amide bonds. The normalized spacial score (nSPS) is 21.4. The van der Waals surface area contributed by atoms with Crippen LogP contribution >= 0.6 is 0 Å². The molecule has 0 saturated carbocycles. The lowest BCUT2D eigenvalue weighted by Crippen LogP contribution is -2.37. The van der Waals surface area contributed by atoms with Crippen LogP contribution in [0.1, 0.15) is 26.2 Å². The van der Waals surface area contributed by atoms with Gasteiger partial charge in [-0.05, 0) is 19.8 Å². The molecular weight excluding hydrogens is 224 g/mol. The highest BCUT2D eigenvalue weighted by molar-refractivity contribution is 5.85. The van der Waals surface area contributed by atoms with Crippen molar-refractivity contribution in [1.29, 1.82) is 0 Å². The second-order valence-corrected chi connectivity index (χ2v) is 4.19. The van der Waals surface area contributed by atoms with Gasteiger partial charge < -0.3 is 4.90 Å². The van der Waals surface area contributed by atoms with Crippen molar-refractivity contribution in [2.75, 3.05) is 26.9 Å². The average molecular weight is 244 g/mol. The van der Waals surface area contributed by atoms with Crippen molar-refractivity contribution in [3.8, 4) is 0 Å². The van der Waals surface area contributed by atoms with Gasteiger partial charge in [-0.2, -0.15) is 0 Å². The van der Waals surface area contributed by atoms with Crippen LogP contribution < -0.4 is 5.32 Å². The molecule has 0 aliphatic carbocycles. The van der Waals surface area contributed by atoms with E-state index < -0.39 is 0 Å². The monoisotopic (exact) mass is 244 g/mol. The minimum absolute atomic E-state index is 0.0208. The lowest BCUT2D eigenvalue weighted by molar-refractivity contribution is -0.278. The van der Waals surface area contributed by atoms with E-state index in [1.807, 2.05) is 0 Å². The van der Waals surface area contributed by atoms with Gasteiger partial charge >= 0.3 is 0 Å². The summed E-state index contributed by atoms with van der Waals surface area (Å²) in [6, 6.07) is 0.0922. The number of nitrogens with zero attached hydrogens (tertiary/aromatic N) is 1. The first-order valence-electron chi connectivity index (χ1n) is 5.79. The Kier molecular flexibility index (Phi) is 6.10. The molecule has 0 radical (unpaired) electrons. The van der Waals surface area contributed by atoms with Crippen molar-refractivity contribution in [3.05, 3.63) is 0 Å². The highest BCUT2D eigenvalue weighted by Crippen LogP contribution is 2.12. The summed E-state index contributed by atoms with van der Waals surface area (Å²) in [7, 11) is 1.44. The molecule has 1 fully saturated rings. The molecule has 1 rings (SSSR count). The van der Waals surface area contributed by atoms with Crippen molar-refractivity contribution in [2.45, 2.75) is 32.2 Å². The van der Waals surface area contributed by atoms with Crippen molar-refractivity contribution in [2.24, 2.45) is 0 Å². The van der Waals surface area contributed by atoms with E-state index in [-0.39, 0.29) is 31.0 Å². The molecule has 6 heteroatoms. The van der Waals surface area contributed by atoms with Crippen molar-refractivity contribution in [3.63, 3.8) is 0 Å². The van der Waals surface area contributed by atoms with Gasteiger partial charge in [0.1, 0.15) is 12.5 Å². The van der Waals surface area contributed by atoms with Gasteiger partial charge in [-0.25, -0.2) is 9.78 Å². The van der Waals surface area contributed by atoms with Gasteiger partial charge in [0.05, 0.1) is 13.7 Å². The molecule has 0 aromatic carbocycles. The summed E-state index contributed by atoms with van der Waals surface area (Å²) < 4.78 is 0. The molecule has 98 valence electrons. The van der Waals surface area contributed by atoms with E-state index >= 15 is 0 Å². The van der Waals surface area contributed by atoms with Crippen LogP contribution in [0.5, 0.6) is 0 Å². The van der Waals surface area contributed by atoms with E-state index in [2.05, 4.69) is 10.2 Å². The van der Waals surface area contributed by atoms with Crippen molar-refractivity contribution in [1.82, 2.24) is 10.2 Å². The topological polar surface area (TPSA) is 67.9 Å². The lowest BCUT2D eigenvalue weighted by Gasteiger charge is -2.19. The molecule has 0 bridgehead atoms. The van der Waals surface area contributed by atoms with Crippen molar-refractivity contribution < 1.29 is 19.4 Å². The molecule has 1 saturated heterocycles. The Balaban J connectivity index is 2.39. The molecule has 1 heterocycles. The number of likely N-dealkylation sites (tertiary alicyclic amines) is 1. The second kappa shape index (κ2) is 7.37. The zero-order valence-corrected chi connectivity index (χ0v) is 10.4. The molecule has 1 atom stereocenters. The molecule has 0 spiro atoms. The number of ketones is 1. The highest BCUT2D eigenvalue weighted by atomic mass is 17.2. The van der Waals surface area contributed by atoms with Crippen LogP contribution in [0.2, 0.25) is 0 Å². The molecule has 17 heavy (non-hydrogen) atoms. The molecule has 1 aliphatic heterocycles. The summed E-state index contributed by atoms with van der Waals surface area (Å²) in [6.45, 7) is 2.64. The van der Waals surface area contributed by atoms with Crippen LogP contribution in [0.25, 0.3) is 0 Å². The van der Waals surface area contributed by atoms with Crippen LogP contribution in [0, 0.1) is 0 Å². The SMILES string of the molecule is COOCN[C@H]1CCCN(CC(C)=O)C(=O)C1. The number of hydrogen-bond acceptors (Lipinski definition) is 5. The Hall–Kier alpha value is -0.980. The molecule has 0 unspecified atom stereocenters. The minimum atomic E-state index is 0.0208. The van der Waals surface area contributed by atoms with E-state index in [4.69, 9.17) is 4.89 Å². The maximum Gasteiger partial charge on any atom is 0.224 e. The first-order valence-corrected chi connectivity index (χ1v) is 5.79. The van der Waals surface area contributed by atoms with Gasteiger partial charge in [0.15, 0.2) is 0 Å². The summed E-state index contributed by atoms with van der Waals surface area (Å²) >= 11 is 0. The predicted molar refractivity (Wildman–Crippen MR) is 61.0 cm³/mol. The second-order valence-electron chi connectivity index (χ2n) is 4.19. The Morgan fingerprint density at radius 3 is 3.00 bits per heavy atom. The number of nitrogens with one attached hydrogen (secondary N) is 1. The van der Waals surface area contributed by atoms with Crippen molar-refractivity contribution >= 4 is 11.7 Å². The van der Waals surface area contributed by atoms with Crippen LogP contribution in [0.4, 0.5) is 0 Å². The van der Waals surface area contributed by atoms with Crippen LogP contribution in [0.15, 0.2) is 0 Å². The maximum absolute atomic E-state index is 11.9. The molecular formula is C11H20N2O4. The summed E-state index contributed by atoms with van der Waals surface area (Å²) in [6.07, 6.45) is 2.19. The fraction of sp³-hybridized carbons (Fsp3) is 0.818. The van der Waals surface area contributed by atoms with Crippen LogP contribution in [-0.2, 0) is 19.4 Å². The highest BCUT2D eigenvalue weighted by Gasteiger charge is 2.23. The predicted octanol–water partition coefficient (Wildman–Crippen LogP) is 0.0816. The van der Waals surface area contributed by atoms with Crippen LogP contribution in [-0.4, -0.2) is 49.6 Å². The average Bonchev–Trinajstić information content (AvgIpc) is 2.42. The van der Waals surface area contributed by atoms with Gasteiger partial charge in [-0.3, -0.25) is 14.9 Å². The summed E-state index contributed by atoms with van der Waals surface area (Å²) in [5.41, 5.74) is 0. The minimum Gasteiger partial charge on any atom is -0.335 e. The number of carbonyl (C=O) groups is 2. The van der Waals surface area contributed by atoms with E-state index in [0.29, 0.717) is 13.0 Å². The van der Waals surface area contributed by atoms with E-state index in [0.717, 1.165) is 12.8 Å². The molecule has 1 N–H and O–H groups in total. The summed E-state index contributed by atoms with van der Waals surface area (Å²) in [5.74, 6) is 0.0418. The first kappa shape index (κ1) is 14.1. The largest absolute Gasteiger partial charge is 0.335 e. The van der Waals surface area contributed by atoms with Gasteiger partial charge in [-0.1, -0.05) is 0 Å². The lowest BCUT2D eigenvalue weighted by atomic mass is 10.1. The molecule has 1 aliphatic rings. The number of carbonyl (C=O) groups excluding carboxylic acids is 2. The fourth-order valence-electron chi connectivity index (χ4n) is 1.92. The maximum atomic E-state index is 11.9. The molecule has 0 aromatic heterocycles. The molecule has 6 nitrogen and oxygen atoms in total. The zero-order valence-electron chi connectivity index (χ0n) is 10.4. The first-order chi connectivity index (χ1) is 8.13. The smallest absolute Gasteiger partial charge is 0.224 e. The number of Topliss-reactive ketones (excluding diaryl/α,β-unsaturated/α-hetero) is 1. The number of hydrogen-bond donors (Lipinski definition) is 1. The van der Waals surface area contributed by atoms with E-state index in [9.17, 15) is 9.59 Å². The Morgan fingerprint density at radius 2 is 2.35 bits per heavy atom. The third-order valence-electron chi connectivity index (χ3n) is 2.72. The quantitative estimate of drug-likeness (QED) is 0.310. The van der Waals surface area contributed by atoms with Gasteiger partial charge in [0.2, 0.25) is 5.91 Å². The third kappa shape index (κ3) is 5.25. The van der Waals surface area contributed by atoms with Gasteiger partial charge in [0.25, 0.3) is 0 Å². The summed E-state index contributed by atoms with van der Waals surface area (Å²) in [5, 5.41) is 3.09. The fourth-order valence-corrected chi connectivity index (χ4v) is 1.92. The molecule has 0 aromatic rings.